The topological polar surface area (TPSA) is 74.6 Å². The van der Waals surface area contributed by atoms with E-state index in [1.807, 2.05) is 0 Å². The fraction of sp³-hybridized carbons (Fsp3) is 0.188. The summed E-state index contributed by atoms with van der Waals surface area (Å²) in [5.41, 5.74) is -0.874. The molecule has 12 heteroatoms. The molecule has 0 fully saturated rings. The highest BCUT2D eigenvalue weighted by atomic mass is 79.9. The Balaban J connectivity index is 2.13. The third-order valence-corrected chi connectivity index (χ3v) is 5.48. The quantitative estimate of drug-likeness (QED) is 0.470. The fourth-order valence-electron chi connectivity index (χ4n) is 2.52. The van der Waals surface area contributed by atoms with Crippen molar-refractivity contribution in [2.75, 3.05) is 5.33 Å². The summed E-state index contributed by atoms with van der Waals surface area (Å²) in [6.45, 7) is 0. The van der Waals surface area contributed by atoms with Crippen LogP contribution < -0.4 is 5.32 Å². The largest absolute Gasteiger partial charge is 0.478 e. The number of amidine groups is 1. The highest BCUT2D eigenvalue weighted by molar-refractivity contribution is 9.09. The molecule has 1 aromatic heterocycles. The Bertz CT molecular complexity index is 1010. The normalized spacial score (nSPS) is 17.4. The number of benzene rings is 1. The lowest BCUT2D eigenvalue weighted by molar-refractivity contribution is -0.140. The number of nitrogens with zero attached hydrogens (tertiary/aromatic N) is 2. The number of halogens is 6. The number of carboxylic acids is 1. The number of hydrogen-bond acceptors (Lipinski definition) is 5. The monoisotopic (exact) mass is 497 g/mol. The van der Waals surface area contributed by atoms with Crippen LogP contribution in [-0.2, 0) is 11.0 Å². The first-order valence-electron chi connectivity index (χ1n) is 7.47. The number of alkyl halides is 4. The Morgan fingerprint density at radius 1 is 1.39 bits per heavy atom. The molecule has 0 radical (unpaired) electrons. The molecular weight excluding hydrogens is 490 g/mol. The maximum atomic E-state index is 13.4. The molecule has 1 aliphatic heterocycles. The predicted octanol–water partition coefficient (Wildman–Crippen LogP) is 4.78. The van der Waals surface area contributed by atoms with Crippen molar-refractivity contribution in [2.45, 2.75) is 12.2 Å². The van der Waals surface area contributed by atoms with E-state index in [-0.39, 0.29) is 38.0 Å². The number of aliphatic carboxylic acids is 1. The van der Waals surface area contributed by atoms with E-state index in [9.17, 15) is 27.5 Å². The van der Waals surface area contributed by atoms with E-state index >= 15 is 0 Å². The number of thiazole rings is 1. The van der Waals surface area contributed by atoms with Gasteiger partial charge in [-0.3, -0.25) is 4.99 Å². The van der Waals surface area contributed by atoms with Crippen LogP contribution in [0.5, 0.6) is 0 Å². The van der Waals surface area contributed by atoms with Crippen molar-refractivity contribution in [1.82, 2.24) is 10.3 Å². The molecule has 2 N–H and O–H groups in total. The summed E-state index contributed by atoms with van der Waals surface area (Å²) in [6, 6.07) is 2.23. The molecule has 0 spiro atoms. The smallest absolute Gasteiger partial charge is 0.434 e. The number of hydrogen-bond donors (Lipinski definition) is 2. The molecule has 2 aromatic rings. The van der Waals surface area contributed by atoms with Crippen LogP contribution in [0, 0.1) is 5.82 Å². The third kappa shape index (κ3) is 4.06. The number of rotatable bonds is 4. The van der Waals surface area contributed by atoms with Crippen LogP contribution in [0.1, 0.15) is 22.3 Å². The predicted molar refractivity (Wildman–Crippen MR) is 99.4 cm³/mol. The molecule has 0 amide bonds. The van der Waals surface area contributed by atoms with Crippen LogP contribution in [0.25, 0.3) is 0 Å². The summed E-state index contributed by atoms with van der Waals surface area (Å²) in [5.74, 6) is -1.96. The fourth-order valence-corrected chi connectivity index (χ4v) is 4.01. The van der Waals surface area contributed by atoms with Crippen LogP contribution in [0.2, 0.25) is 5.02 Å². The lowest BCUT2D eigenvalue weighted by atomic mass is 9.96. The molecule has 1 aliphatic rings. The molecule has 0 bridgehead atoms. The zero-order valence-corrected chi connectivity index (χ0v) is 16.7. The van der Waals surface area contributed by atoms with Gasteiger partial charge in [-0.15, -0.1) is 11.3 Å². The molecule has 1 unspecified atom stereocenters. The highest BCUT2D eigenvalue weighted by Gasteiger charge is 2.36. The van der Waals surface area contributed by atoms with Crippen molar-refractivity contribution in [3.05, 3.63) is 62.0 Å². The average molecular weight is 499 g/mol. The van der Waals surface area contributed by atoms with Crippen molar-refractivity contribution in [1.29, 1.82) is 0 Å². The Morgan fingerprint density at radius 2 is 2.11 bits per heavy atom. The Kier molecular flexibility index (Phi) is 5.78. The third-order valence-electron chi connectivity index (χ3n) is 3.74. The maximum absolute atomic E-state index is 13.4. The van der Waals surface area contributed by atoms with Crippen LogP contribution >= 0.6 is 38.9 Å². The molecule has 0 aliphatic carbocycles. The van der Waals surface area contributed by atoms with Crippen LogP contribution in [0.4, 0.5) is 17.6 Å². The highest BCUT2D eigenvalue weighted by Crippen LogP contribution is 2.37. The van der Waals surface area contributed by atoms with Gasteiger partial charge in [0, 0.05) is 27.0 Å². The van der Waals surface area contributed by atoms with Crippen LogP contribution in [0.3, 0.4) is 0 Å². The minimum absolute atomic E-state index is 0.0367. The van der Waals surface area contributed by atoms with Gasteiger partial charge >= 0.3 is 12.1 Å². The number of aliphatic imine (C=N–C) groups is 1. The van der Waals surface area contributed by atoms with Crippen LogP contribution in [0.15, 0.2) is 39.8 Å². The van der Waals surface area contributed by atoms with Crippen molar-refractivity contribution >= 4 is 50.7 Å². The first-order valence-corrected chi connectivity index (χ1v) is 9.85. The molecule has 1 atom stereocenters. The zero-order chi connectivity index (χ0) is 20.6. The molecule has 1 aromatic carbocycles. The van der Waals surface area contributed by atoms with Crippen molar-refractivity contribution < 1.29 is 27.5 Å². The van der Waals surface area contributed by atoms with E-state index in [1.54, 1.807) is 0 Å². The molecule has 5 nitrogen and oxygen atoms in total. The van der Waals surface area contributed by atoms with Gasteiger partial charge in [0.05, 0.1) is 5.57 Å². The van der Waals surface area contributed by atoms with Gasteiger partial charge in [0.15, 0.2) is 16.5 Å². The van der Waals surface area contributed by atoms with Crippen molar-refractivity contribution in [2.24, 2.45) is 4.99 Å². The van der Waals surface area contributed by atoms with Gasteiger partial charge in [0.25, 0.3) is 0 Å². The minimum atomic E-state index is -4.62. The second kappa shape index (κ2) is 7.80. The number of carbonyl (C=O) groups is 1. The second-order valence-electron chi connectivity index (χ2n) is 5.54. The van der Waals surface area contributed by atoms with Crippen molar-refractivity contribution in [3.63, 3.8) is 0 Å². The van der Waals surface area contributed by atoms with Crippen molar-refractivity contribution in [3.8, 4) is 0 Å². The standard InChI is InChI=1S/C16H9BrClF4N3O2S/c17-4-9-11(15(26)27)12(7-2-1-6(19)3-8(7)18)25-13(23-9)14-24-10(5-28-14)16(20,21)22/h1-3,5,12H,4H2,(H,23,25)(H,26,27). The SMILES string of the molecule is O=C(O)C1=C(CBr)NC(c2nc(C(F)(F)F)cs2)=NC1c1ccc(F)cc1Cl. The first-order chi connectivity index (χ1) is 13.1. The summed E-state index contributed by atoms with van der Waals surface area (Å²) in [5, 5.41) is 13.1. The summed E-state index contributed by atoms with van der Waals surface area (Å²) >= 11 is 9.93. The zero-order valence-electron chi connectivity index (χ0n) is 13.5. The first kappa shape index (κ1) is 20.7. The van der Waals surface area contributed by atoms with E-state index in [4.69, 9.17) is 11.6 Å². The summed E-state index contributed by atoms with van der Waals surface area (Å²) in [7, 11) is 0. The molecule has 2 heterocycles. The van der Waals surface area contributed by atoms with Gasteiger partial charge in [-0.05, 0) is 12.1 Å². The minimum Gasteiger partial charge on any atom is -0.478 e. The van der Waals surface area contributed by atoms with Crippen LogP contribution in [-0.4, -0.2) is 27.2 Å². The number of carboxylic acid groups (broad SMARTS) is 1. The van der Waals surface area contributed by atoms with E-state index in [0.717, 1.165) is 17.5 Å². The number of aromatic nitrogens is 1. The van der Waals surface area contributed by atoms with Gasteiger partial charge in [0.1, 0.15) is 11.9 Å². The molecule has 3 rings (SSSR count). The number of allylic oxidation sites excluding steroid dienone is 1. The van der Waals surface area contributed by atoms with E-state index in [1.165, 1.54) is 6.07 Å². The summed E-state index contributed by atoms with van der Waals surface area (Å²) < 4.78 is 51.9. The molecule has 0 saturated heterocycles. The number of nitrogens with one attached hydrogen (secondary N) is 1. The maximum Gasteiger partial charge on any atom is 0.434 e. The van der Waals surface area contributed by atoms with Gasteiger partial charge in [-0.1, -0.05) is 33.6 Å². The van der Waals surface area contributed by atoms with Gasteiger partial charge < -0.3 is 10.4 Å². The Labute approximate surface area is 172 Å². The van der Waals surface area contributed by atoms with E-state index in [0.29, 0.717) is 11.3 Å². The van der Waals surface area contributed by atoms with E-state index in [2.05, 4.69) is 31.2 Å². The summed E-state index contributed by atoms with van der Waals surface area (Å²) in [6.07, 6.45) is -4.62. The Morgan fingerprint density at radius 3 is 2.64 bits per heavy atom. The lowest BCUT2D eigenvalue weighted by Crippen LogP contribution is -2.34. The van der Waals surface area contributed by atoms with Gasteiger partial charge in [-0.25, -0.2) is 14.2 Å². The molecule has 28 heavy (non-hydrogen) atoms. The average Bonchev–Trinajstić information content (AvgIpc) is 3.11. The Hall–Kier alpha value is -1.98. The summed E-state index contributed by atoms with van der Waals surface area (Å²) in [4.78, 5) is 19.6. The van der Waals surface area contributed by atoms with E-state index < -0.39 is 29.7 Å². The molecule has 0 saturated carbocycles. The van der Waals surface area contributed by atoms with Gasteiger partial charge in [0.2, 0.25) is 0 Å². The molecule has 148 valence electrons. The lowest BCUT2D eigenvalue weighted by Gasteiger charge is -2.25. The second-order valence-corrected chi connectivity index (χ2v) is 7.36. The molecular formula is C16H9BrClF4N3O2S. The van der Waals surface area contributed by atoms with Gasteiger partial charge in [-0.2, -0.15) is 13.2 Å².